The summed E-state index contributed by atoms with van der Waals surface area (Å²) < 4.78 is 5.61. The fourth-order valence-corrected chi connectivity index (χ4v) is 4.56. The van der Waals surface area contributed by atoms with Crippen molar-refractivity contribution in [1.29, 1.82) is 0 Å². The second-order valence-corrected chi connectivity index (χ2v) is 7.67. The lowest BCUT2D eigenvalue weighted by Gasteiger charge is -2.38. The first-order chi connectivity index (χ1) is 13.7. The molecule has 1 aliphatic carbocycles. The minimum Gasteiger partial charge on any atom is -0.496 e. The van der Waals surface area contributed by atoms with E-state index in [9.17, 15) is 9.90 Å². The van der Waals surface area contributed by atoms with E-state index in [0.717, 1.165) is 42.6 Å². The Hall–Kier alpha value is -2.37. The topological polar surface area (TPSA) is 61.8 Å². The summed E-state index contributed by atoms with van der Waals surface area (Å²) in [6.45, 7) is 0.920. The molecule has 4 rings (SSSR count). The predicted octanol–water partition coefficient (Wildman–Crippen LogP) is 2.67. The highest BCUT2D eigenvalue weighted by Crippen LogP contribution is 2.39. The van der Waals surface area contributed by atoms with Crippen LogP contribution in [0, 0.1) is 0 Å². The van der Waals surface area contributed by atoms with Crippen LogP contribution in [0.25, 0.3) is 0 Å². The lowest BCUT2D eigenvalue weighted by atomic mass is 9.87. The van der Waals surface area contributed by atoms with Crippen molar-refractivity contribution in [3.63, 3.8) is 0 Å². The molecule has 5 heteroatoms. The molecular weight excluding hydrogens is 352 g/mol. The highest BCUT2D eigenvalue weighted by Gasteiger charge is 2.34. The molecule has 5 nitrogen and oxygen atoms in total. The van der Waals surface area contributed by atoms with Crippen LogP contribution in [0.2, 0.25) is 0 Å². The van der Waals surface area contributed by atoms with E-state index in [4.69, 9.17) is 4.74 Å². The second-order valence-electron chi connectivity index (χ2n) is 7.67. The van der Waals surface area contributed by atoms with Gasteiger partial charge in [-0.15, -0.1) is 0 Å². The summed E-state index contributed by atoms with van der Waals surface area (Å²) in [6, 6.07) is 16.1. The Morgan fingerprint density at radius 3 is 2.64 bits per heavy atom. The summed E-state index contributed by atoms with van der Waals surface area (Å²) >= 11 is 0. The van der Waals surface area contributed by atoms with Crippen LogP contribution >= 0.6 is 0 Å². The van der Waals surface area contributed by atoms with Crippen molar-refractivity contribution in [2.45, 2.75) is 43.9 Å². The van der Waals surface area contributed by atoms with Crippen LogP contribution in [0.4, 0.5) is 0 Å². The number of hydrogen-bond acceptors (Lipinski definition) is 4. The van der Waals surface area contributed by atoms with Crippen molar-refractivity contribution < 1.29 is 14.6 Å². The third-order valence-electron chi connectivity index (χ3n) is 6.03. The van der Waals surface area contributed by atoms with E-state index in [2.05, 4.69) is 23.5 Å². The maximum Gasteiger partial charge on any atom is 0.237 e. The van der Waals surface area contributed by atoms with Crippen LogP contribution in [-0.4, -0.2) is 48.3 Å². The number of aliphatic hydroxyl groups is 1. The first-order valence-electron chi connectivity index (χ1n) is 10.1. The molecule has 1 saturated carbocycles. The number of amides is 1. The van der Waals surface area contributed by atoms with Gasteiger partial charge in [0, 0.05) is 18.2 Å². The molecular formula is C23H28N2O3. The molecule has 1 fully saturated rings. The monoisotopic (exact) mass is 380 g/mol. The lowest BCUT2D eigenvalue weighted by molar-refractivity contribution is -0.132. The van der Waals surface area contributed by atoms with Crippen LogP contribution in [0.3, 0.4) is 0 Å². The van der Waals surface area contributed by atoms with Crippen LogP contribution in [0.1, 0.15) is 42.0 Å². The first-order valence-corrected chi connectivity index (χ1v) is 10.1. The number of hydrogen-bond donors (Lipinski definition) is 2. The van der Waals surface area contributed by atoms with Crippen molar-refractivity contribution in [3.8, 4) is 5.75 Å². The number of carbonyl (C=O) groups is 1. The minimum atomic E-state index is -0.347. The van der Waals surface area contributed by atoms with Crippen molar-refractivity contribution >= 4 is 5.91 Å². The molecule has 148 valence electrons. The van der Waals surface area contributed by atoms with Gasteiger partial charge in [0.1, 0.15) is 5.75 Å². The number of rotatable bonds is 5. The summed E-state index contributed by atoms with van der Waals surface area (Å²) in [7, 11) is 1.67. The molecule has 0 unspecified atom stereocenters. The van der Waals surface area contributed by atoms with Crippen LogP contribution in [-0.2, 0) is 11.2 Å². The van der Waals surface area contributed by atoms with Gasteiger partial charge in [-0.3, -0.25) is 4.79 Å². The van der Waals surface area contributed by atoms with Crippen LogP contribution in [0.15, 0.2) is 48.5 Å². The zero-order valence-corrected chi connectivity index (χ0v) is 16.3. The summed E-state index contributed by atoms with van der Waals surface area (Å²) in [5.74, 6) is 0.852. The van der Waals surface area contributed by atoms with Gasteiger partial charge in [-0.1, -0.05) is 42.5 Å². The van der Waals surface area contributed by atoms with Crippen molar-refractivity contribution in [1.82, 2.24) is 10.2 Å². The van der Waals surface area contributed by atoms with E-state index < -0.39 is 0 Å². The standard InChI is InChI=1S/C23H28N2O3/c1-28-21-12-5-4-9-18(21)23-17-8-3-2-7-16(17)13-14-25(23)22(27)15-24-19-10-6-11-20(19)26/h2-5,7-9,12,19-20,23-24,26H,6,10-11,13-15H2,1H3/t19-,20-,23-/m1/s1. The maximum absolute atomic E-state index is 13.2. The van der Waals surface area contributed by atoms with Gasteiger partial charge in [0.2, 0.25) is 5.91 Å². The molecule has 0 spiro atoms. The molecule has 0 aromatic heterocycles. The Labute approximate surface area is 166 Å². The molecule has 2 aromatic carbocycles. The molecule has 0 saturated heterocycles. The number of benzene rings is 2. The smallest absolute Gasteiger partial charge is 0.237 e. The highest BCUT2D eigenvalue weighted by atomic mass is 16.5. The third-order valence-corrected chi connectivity index (χ3v) is 6.03. The summed E-state index contributed by atoms with van der Waals surface area (Å²) in [6.07, 6.45) is 3.24. The van der Waals surface area contributed by atoms with Crippen LogP contribution < -0.4 is 10.1 Å². The van der Waals surface area contributed by atoms with Crippen molar-refractivity contribution in [3.05, 3.63) is 65.2 Å². The van der Waals surface area contributed by atoms with E-state index in [1.54, 1.807) is 7.11 Å². The van der Waals surface area contributed by atoms with Gasteiger partial charge in [0.05, 0.1) is 25.8 Å². The average molecular weight is 380 g/mol. The van der Waals surface area contributed by atoms with E-state index in [0.29, 0.717) is 6.54 Å². The maximum atomic E-state index is 13.2. The zero-order valence-electron chi connectivity index (χ0n) is 16.3. The number of para-hydroxylation sites is 1. The van der Waals surface area contributed by atoms with Gasteiger partial charge < -0.3 is 20.1 Å². The van der Waals surface area contributed by atoms with Crippen molar-refractivity contribution in [2.24, 2.45) is 0 Å². The zero-order chi connectivity index (χ0) is 19.5. The quantitative estimate of drug-likeness (QED) is 0.837. The fraction of sp³-hybridized carbons (Fsp3) is 0.435. The van der Waals surface area contributed by atoms with E-state index in [-0.39, 0.29) is 30.6 Å². The molecule has 1 amide bonds. The molecule has 2 aromatic rings. The van der Waals surface area contributed by atoms with E-state index in [1.165, 1.54) is 5.56 Å². The van der Waals surface area contributed by atoms with Gasteiger partial charge in [0.25, 0.3) is 0 Å². The predicted molar refractivity (Wildman–Crippen MR) is 108 cm³/mol. The van der Waals surface area contributed by atoms with E-state index >= 15 is 0 Å². The highest BCUT2D eigenvalue weighted by molar-refractivity contribution is 5.80. The number of ether oxygens (including phenoxy) is 1. The Kier molecular flexibility index (Phi) is 5.64. The Morgan fingerprint density at radius 1 is 1.14 bits per heavy atom. The Balaban J connectivity index is 1.62. The van der Waals surface area contributed by atoms with Gasteiger partial charge in [0.15, 0.2) is 0 Å². The van der Waals surface area contributed by atoms with Gasteiger partial charge >= 0.3 is 0 Å². The average Bonchev–Trinajstić information content (AvgIpc) is 3.15. The molecule has 1 aliphatic heterocycles. The normalized spacial score (nSPS) is 24.1. The Bertz CT molecular complexity index is 838. The van der Waals surface area contributed by atoms with Crippen molar-refractivity contribution in [2.75, 3.05) is 20.2 Å². The number of methoxy groups -OCH3 is 1. The molecule has 2 N–H and O–H groups in total. The number of nitrogens with zero attached hydrogens (tertiary/aromatic N) is 1. The lowest BCUT2D eigenvalue weighted by Crippen LogP contribution is -2.47. The largest absolute Gasteiger partial charge is 0.496 e. The summed E-state index contributed by atoms with van der Waals surface area (Å²) in [4.78, 5) is 15.1. The fourth-order valence-electron chi connectivity index (χ4n) is 4.56. The number of aliphatic hydroxyl groups excluding tert-OH is 1. The van der Waals surface area contributed by atoms with E-state index in [1.807, 2.05) is 35.2 Å². The Morgan fingerprint density at radius 2 is 1.89 bits per heavy atom. The third kappa shape index (κ3) is 3.64. The number of fused-ring (bicyclic) bond motifs is 1. The van der Waals surface area contributed by atoms with Gasteiger partial charge in [-0.25, -0.2) is 0 Å². The molecule has 1 heterocycles. The van der Waals surface area contributed by atoms with Gasteiger partial charge in [-0.2, -0.15) is 0 Å². The number of nitrogens with one attached hydrogen (secondary N) is 1. The molecule has 2 aliphatic rings. The minimum absolute atomic E-state index is 0.0192. The second kappa shape index (κ2) is 8.33. The van der Waals surface area contributed by atoms with Gasteiger partial charge in [-0.05, 0) is 42.9 Å². The molecule has 0 radical (unpaired) electrons. The SMILES string of the molecule is COc1ccccc1[C@H]1c2ccccc2CCN1C(=O)CN[C@@H]1CCC[C@H]1O. The molecule has 3 atom stereocenters. The first kappa shape index (κ1) is 19.0. The molecule has 0 bridgehead atoms. The number of carbonyl (C=O) groups excluding carboxylic acids is 1. The summed E-state index contributed by atoms with van der Waals surface area (Å²) in [5.41, 5.74) is 3.44. The summed E-state index contributed by atoms with van der Waals surface area (Å²) in [5, 5.41) is 13.3. The van der Waals surface area contributed by atoms with Crippen LogP contribution in [0.5, 0.6) is 5.75 Å². The molecule has 28 heavy (non-hydrogen) atoms.